The molecule has 0 saturated heterocycles. The summed E-state index contributed by atoms with van der Waals surface area (Å²) >= 11 is 1.13. The Balaban J connectivity index is 2.55. The van der Waals surface area contributed by atoms with E-state index in [1.54, 1.807) is 19.0 Å². The van der Waals surface area contributed by atoms with Crippen LogP contribution < -0.4 is 10.6 Å². The SMILES string of the molecule is CN(C)c1snc(N)c1S(=O)(=O)C1CC1. The van der Waals surface area contributed by atoms with Crippen LogP contribution in [0.2, 0.25) is 0 Å². The van der Waals surface area contributed by atoms with E-state index in [0.717, 1.165) is 24.4 Å². The average molecular weight is 247 g/mol. The molecule has 1 saturated carbocycles. The molecule has 0 aromatic carbocycles. The summed E-state index contributed by atoms with van der Waals surface area (Å²) in [4.78, 5) is 1.96. The molecule has 0 unspecified atom stereocenters. The minimum absolute atomic E-state index is 0.135. The molecule has 0 spiro atoms. The Kier molecular flexibility index (Phi) is 2.38. The second kappa shape index (κ2) is 3.34. The van der Waals surface area contributed by atoms with E-state index in [2.05, 4.69) is 4.37 Å². The molecular weight excluding hydrogens is 234 g/mol. The van der Waals surface area contributed by atoms with E-state index in [0.29, 0.717) is 5.00 Å². The number of sulfone groups is 1. The van der Waals surface area contributed by atoms with Gasteiger partial charge in [0.15, 0.2) is 15.7 Å². The molecule has 1 aromatic rings. The standard InChI is InChI=1S/C8H13N3O2S2/c1-11(2)8-6(7(9)10-14-8)15(12,13)5-3-4-5/h5H,3-4H2,1-2H3,(H2,9,10). The number of rotatable bonds is 3. The zero-order valence-corrected chi connectivity index (χ0v) is 10.2. The Bertz CT molecular complexity index is 474. The second-order valence-electron chi connectivity index (χ2n) is 3.84. The number of nitrogen functional groups attached to an aromatic ring is 1. The minimum atomic E-state index is -3.25. The van der Waals surface area contributed by atoms with Crippen LogP contribution in [-0.4, -0.2) is 32.1 Å². The normalized spacial score (nSPS) is 16.7. The zero-order valence-electron chi connectivity index (χ0n) is 8.60. The highest BCUT2D eigenvalue weighted by atomic mass is 32.2. The second-order valence-corrected chi connectivity index (χ2v) is 6.76. The van der Waals surface area contributed by atoms with Crippen molar-refractivity contribution in [3.8, 4) is 0 Å². The van der Waals surface area contributed by atoms with Gasteiger partial charge in [0.1, 0.15) is 9.90 Å². The van der Waals surface area contributed by atoms with Gasteiger partial charge in [-0.1, -0.05) is 0 Å². The Hall–Kier alpha value is -0.820. The van der Waals surface area contributed by atoms with Crippen LogP contribution in [0.3, 0.4) is 0 Å². The summed E-state index contributed by atoms with van der Waals surface area (Å²) in [6, 6.07) is 0. The lowest BCUT2D eigenvalue weighted by atomic mass is 10.6. The molecule has 0 amide bonds. The van der Waals surface area contributed by atoms with Crippen molar-refractivity contribution in [3.63, 3.8) is 0 Å². The molecule has 7 heteroatoms. The first kappa shape index (κ1) is 10.7. The number of hydrogen-bond donors (Lipinski definition) is 1. The highest BCUT2D eigenvalue weighted by Crippen LogP contribution is 2.41. The molecule has 1 fully saturated rings. The Morgan fingerprint density at radius 2 is 2.07 bits per heavy atom. The van der Waals surface area contributed by atoms with Gasteiger partial charge < -0.3 is 10.6 Å². The third kappa shape index (κ3) is 1.69. The van der Waals surface area contributed by atoms with Gasteiger partial charge in [-0.05, 0) is 24.4 Å². The quantitative estimate of drug-likeness (QED) is 0.852. The van der Waals surface area contributed by atoms with Gasteiger partial charge in [0.25, 0.3) is 0 Å². The summed E-state index contributed by atoms with van der Waals surface area (Å²) in [5, 5.41) is 0.384. The van der Waals surface area contributed by atoms with Crippen molar-refractivity contribution < 1.29 is 8.42 Å². The number of hydrogen-bond acceptors (Lipinski definition) is 6. The van der Waals surface area contributed by atoms with Crippen molar-refractivity contribution in [1.82, 2.24) is 4.37 Å². The summed E-state index contributed by atoms with van der Waals surface area (Å²) in [6.45, 7) is 0. The zero-order chi connectivity index (χ0) is 11.2. The van der Waals surface area contributed by atoms with Crippen molar-refractivity contribution in [1.29, 1.82) is 0 Å². The predicted molar refractivity (Wildman–Crippen MR) is 61.1 cm³/mol. The smallest absolute Gasteiger partial charge is 0.187 e. The number of nitrogens with two attached hydrogens (primary N) is 1. The van der Waals surface area contributed by atoms with Gasteiger partial charge in [0.05, 0.1) is 5.25 Å². The first-order valence-electron chi connectivity index (χ1n) is 4.61. The molecule has 0 radical (unpaired) electrons. The van der Waals surface area contributed by atoms with Crippen LogP contribution in [-0.2, 0) is 9.84 Å². The van der Waals surface area contributed by atoms with E-state index in [1.807, 2.05) is 0 Å². The van der Waals surface area contributed by atoms with Gasteiger partial charge in [-0.15, -0.1) is 0 Å². The maximum absolute atomic E-state index is 12.1. The average Bonchev–Trinajstić information content (AvgIpc) is 2.89. The lowest BCUT2D eigenvalue weighted by Gasteiger charge is -2.11. The van der Waals surface area contributed by atoms with Crippen molar-refractivity contribution >= 4 is 32.2 Å². The maximum Gasteiger partial charge on any atom is 0.187 e. The molecular formula is C8H13N3O2S2. The van der Waals surface area contributed by atoms with Crippen molar-refractivity contribution in [3.05, 3.63) is 0 Å². The molecule has 5 nitrogen and oxygen atoms in total. The van der Waals surface area contributed by atoms with Crippen LogP contribution in [0.1, 0.15) is 12.8 Å². The van der Waals surface area contributed by atoms with Crippen LogP contribution in [0.25, 0.3) is 0 Å². The highest BCUT2D eigenvalue weighted by Gasteiger charge is 2.41. The van der Waals surface area contributed by atoms with Crippen LogP contribution in [0.5, 0.6) is 0 Å². The van der Waals surface area contributed by atoms with Crippen LogP contribution in [0.15, 0.2) is 4.90 Å². The molecule has 84 valence electrons. The van der Waals surface area contributed by atoms with E-state index in [9.17, 15) is 8.42 Å². The summed E-state index contributed by atoms with van der Waals surface area (Å²) in [7, 11) is 0.334. The van der Waals surface area contributed by atoms with Crippen LogP contribution in [0, 0.1) is 0 Å². The first-order chi connectivity index (χ1) is 6.94. The topological polar surface area (TPSA) is 76.3 Å². The van der Waals surface area contributed by atoms with Gasteiger partial charge in [0, 0.05) is 14.1 Å². The summed E-state index contributed by atoms with van der Waals surface area (Å²) in [5.74, 6) is 0.135. The van der Waals surface area contributed by atoms with E-state index < -0.39 is 9.84 Å². The molecule has 1 heterocycles. The predicted octanol–water partition coefficient (Wildman–Crippen LogP) is 0.727. The molecule has 0 aliphatic heterocycles. The third-order valence-electron chi connectivity index (χ3n) is 2.31. The van der Waals surface area contributed by atoms with Crippen molar-refractivity contribution in [2.75, 3.05) is 24.7 Å². The fourth-order valence-electron chi connectivity index (χ4n) is 1.38. The summed E-state index contributed by atoms with van der Waals surface area (Å²) in [5.41, 5.74) is 5.62. The molecule has 15 heavy (non-hydrogen) atoms. The maximum atomic E-state index is 12.1. The molecule has 0 atom stereocenters. The van der Waals surface area contributed by atoms with Crippen molar-refractivity contribution in [2.24, 2.45) is 0 Å². The lowest BCUT2D eigenvalue weighted by Crippen LogP contribution is -2.15. The Labute approximate surface area is 93.0 Å². The molecule has 1 aliphatic carbocycles. The van der Waals surface area contributed by atoms with Crippen LogP contribution >= 0.6 is 11.5 Å². The minimum Gasteiger partial charge on any atom is -0.382 e. The van der Waals surface area contributed by atoms with Gasteiger partial charge in [0.2, 0.25) is 0 Å². The molecule has 1 aliphatic rings. The van der Waals surface area contributed by atoms with Crippen LogP contribution in [0.4, 0.5) is 10.8 Å². The summed E-state index contributed by atoms with van der Waals surface area (Å²) in [6.07, 6.45) is 1.48. The highest BCUT2D eigenvalue weighted by molar-refractivity contribution is 7.92. The fraction of sp³-hybridized carbons (Fsp3) is 0.625. The molecule has 2 N–H and O–H groups in total. The van der Waals surface area contributed by atoms with E-state index in [1.165, 1.54) is 0 Å². The first-order valence-corrected chi connectivity index (χ1v) is 6.93. The number of aromatic nitrogens is 1. The number of anilines is 2. The summed E-state index contributed by atoms with van der Waals surface area (Å²) < 4.78 is 28.0. The monoisotopic (exact) mass is 247 g/mol. The van der Waals surface area contributed by atoms with E-state index in [-0.39, 0.29) is 16.0 Å². The van der Waals surface area contributed by atoms with Gasteiger partial charge >= 0.3 is 0 Å². The van der Waals surface area contributed by atoms with Gasteiger partial charge in [-0.25, -0.2) is 8.42 Å². The Morgan fingerprint density at radius 3 is 2.53 bits per heavy atom. The van der Waals surface area contributed by atoms with Gasteiger partial charge in [-0.2, -0.15) is 4.37 Å². The molecule has 1 aromatic heterocycles. The fourth-order valence-corrected chi connectivity index (χ4v) is 4.38. The van der Waals surface area contributed by atoms with Crippen molar-refractivity contribution in [2.45, 2.75) is 23.0 Å². The third-order valence-corrected chi connectivity index (χ3v) is 5.79. The van der Waals surface area contributed by atoms with Gasteiger partial charge in [-0.3, -0.25) is 0 Å². The molecule has 0 bridgehead atoms. The van der Waals surface area contributed by atoms with E-state index in [4.69, 9.17) is 5.73 Å². The molecule has 2 rings (SSSR count). The lowest BCUT2D eigenvalue weighted by molar-refractivity contribution is 0.595. The number of nitrogens with zero attached hydrogens (tertiary/aromatic N) is 2. The Morgan fingerprint density at radius 1 is 1.47 bits per heavy atom. The largest absolute Gasteiger partial charge is 0.382 e. The van der Waals surface area contributed by atoms with E-state index >= 15 is 0 Å².